The molecule has 0 aromatic heterocycles. The number of likely N-dealkylation sites (N-methyl/N-ethyl adjacent to an activating group) is 1. The zero-order chi connectivity index (χ0) is 22.3. The van der Waals surface area contributed by atoms with E-state index in [9.17, 15) is 18.0 Å². The van der Waals surface area contributed by atoms with Gasteiger partial charge in [-0.3, -0.25) is 9.59 Å². The van der Waals surface area contributed by atoms with Gasteiger partial charge in [-0.25, -0.2) is 8.42 Å². The van der Waals surface area contributed by atoms with E-state index >= 15 is 0 Å². The molecule has 7 nitrogen and oxygen atoms in total. The SMILES string of the molecule is Cc1ccc(CNC(=O)[C@H](C)N(Cc2ccccc2)C(=O)CN(C)S(C)(=O)=O)cc1. The summed E-state index contributed by atoms with van der Waals surface area (Å²) in [4.78, 5) is 27.1. The van der Waals surface area contributed by atoms with Crippen LogP contribution in [0.3, 0.4) is 0 Å². The van der Waals surface area contributed by atoms with Gasteiger partial charge in [-0.1, -0.05) is 60.2 Å². The Morgan fingerprint density at radius 2 is 1.60 bits per heavy atom. The molecule has 0 saturated carbocycles. The molecule has 0 aliphatic heterocycles. The van der Waals surface area contributed by atoms with Crippen molar-refractivity contribution in [2.75, 3.05) is 19.8 Å². The molecule has 0 spiro atoms. The monoisotopic (exact) mass is 431 g/mol. The number of nitrogens with zero attached hydrogens (tertiary/aromatic N) is 2. The summed E-state index contributed by atoms with van der Waals surface area (Å²) in [5, 5.41) is 2.86. The molecular formula is C22H29N3O4S. The third-order valence-corrected chi connectivity index (χ3v) is 6.14. The summed E-state index contributed by atoms with van der Waals surface area (Å²) in [7, 11) is -2.17. The highest BCUT2D eigenvalue weighted by molar-refractivity contribution is 7.88. The summed E-state index contributed by atoms with van der Waals surface area (Å²) in [6, 6.07) is 16.3. The van der Waals surface area contributed by atoms with E-state index in [0.29, 0.717) is 6.54 Å². The Kier molecular flexibility index (Phi) is 8.14. The van der Waals surface area contributed by atoms with Gasteiger partial charge in [0.15, 0.2) is 0 Å². The fourth-order valence-corrected chi connectivity index (χ4v) is 3.15. The zero-order valence-electron chi connectivity index (χ0n) is 17.8. The van der Waals surface area contributed by atoms with E-state index in [-0.39, 0.29) is 19.0 Å². The predicted octanol–water partition coefficient (Wildman–Crippen LogP) is 1.92. The van der Waals surface area contributed by atoms with Gasteiger partial charge in [0.1, 0.15) is 6.04 Å². The normalized spacial score (nSPS) is 12.4. The number of hydrogen-bond acceptors (Lipinski definition) is 4. The van der Waals surface area contributed by atoms with Crippen molar-refractivity contribution in [1.29, 1.82) is 0 Å². The highest BCUT2D eigenvalue weighted by Gasteiger charge is 2.28. The summed E-state index contributed by atoms with van der Waals surface area (Å²) < 4.78 is 24.4. The van der Waals surface area contributed by atoms with Crippen LogP contribution < -0.4 is 5.32 Å². The van der Waals surface area contributed by atoms with Crippen molar-refractivity contribution in [3.8, 4) is 0 Å². The Labute approximate surface area is 178 Å². The quantitative estimate of drug-likeness (QED) is 0.657. The molecule has 30 heavy (non-hydrogen) atoms. The van der Waals surface area contributed by atoms with Gasteiger partial charge in [-0.2, -0.15) is 4.31 Å². The molecule has 0 aliphatic carbocycles. The number of carbonyl (C=O) groups is 2. The Balaban J connectivity index is 2.13. The van der Waals surface area contributed by atoms with Crippen molar-refractivity contribution in [2.24, 2.45) is 0 Å². The summed E-state index contributed by atoms with van der Waals surface area (Å²) in [5.74, 6) is -0.744. The Hall–Kier alpha value is -2.71. The van der Waals surface area contributed by atoms with E-state index in [1.807, 2.05) is 61.5 Å². The van der Waals surface area contributed by atoms with Crippen molar-refractivity contribution < 1.29 is 18.0 Å². The second-order valence-electron chi connectivity index (χ2n) is 7.41. The molecule has 1 N–H and O–H groups in total. The lowest BCUT2D eigenvalue weighted by Gasteiger charge is -2.30. The van der Waals surface area contributed by atoms with Gasteiger partial charge in [-0.05, 0) is 25.0 Å². The minimum absolute atomic E-state index is 0.205. The van der Waals surface area contributed by atoms with Crippen LogP contribution in [0.5, 0.6) is 0 Å². The molecule has 0 aliphatic rings. The Bertz CT molecular complexity index is 960. The molecule has 162 valence electrons. The Morgan fingerprint density at radius 3 is 2.17 bits per heavy atom. The van der Waals surface area contributed by atoms with Gasteiger partial charge in [0.2, 0.25) is 21.8 Å². The molecular weight excluding hydrogens is 402 g/mol. The number of rotatable bonds is 9. The largest absolute Gasteiger partial charge is 0.350 e. The topological polar surface area (TPSA) is 86.8 Å². The van der Waals surface area contributed by atoms with Crippen molar-refractivity contribution in [2.45, 2.75) is 33.0 Å². The molecule has 0 bridgehead atoms. The molecule has 2 rings (SSSR count). The van der Waals surface area contributed by atoms with Gasteiger partial charge in [0.05, 0.1) is 12.8 Å². The number of hydrogen-bond donors (Lipinski definition) is 1. The molecule has 0 heterocycles. The van der Waals surface area contributed by atoms with Crippen LogP contribution in [0.15, 0.2) is 54.6 Å². The lowest BCUT2D eigenvalue weighted by molar-refractivity contribution is -0.140. The number of sulfonamides is 1. The molecule has 0 fully saturated rings. The van der Waals surface area contributed by atoms with Gasteiger partial charge in [-0.15, -0.1) is 0 Å². The number of amides is 2. The van der Waals surface area contributed by atoms with E-state index in [1.165, 1.54) is 11.9 Å². The van der Waals surface area contributed by atoms with E-state index < -0.39 is 22.0 Å². The molecule has 8 heteroatoms. The summed E-state index contributed by atoms with van der Waals surface area (Å²) >= 11 is 0. The minimum atomic E-state index is -3.51. The van der Waals surface area contributed by atoms with Crippen LogP contribution in [0, 0.1) is 6.92 Å². The van der Waals surface area contributed by atoms with E-state index in [0.717, 1.165) is 27.3 Å². The first-order valence-corrected chi connectivity index (χ1v) is 11.5. The highest BCUT2D eigenvalue weighted by atomic mass is 32.2. The van der Waals surface area contributed by atoms with E-state index in [2.05, 4.69) is 5.32 Å². The third-order valence-electron chi connectivity index (χ3n) is 4.87. The van der Waals surface area contributed by atoms with Crippen LogP contribution in [0.25, 0.3) is 0 Å². The molecule has 1 atom stereocenters. The van der Waals surface area contributed by atoms with Gasteiger partial charge in [0, 0.05) is 20.1 Å². The minimum Gasteiger partial charge on any atom is -0.350 e. The van der Waals surface area contributed by atoms with Gasteiger partial charge >= 0.3 is 0 Å². The van der Waals surface area contributed by atoms with Gasteiger partial charge < -0.3 is 10.2 Å². The smallest absolute Gasteiger partial charge is 0.242 e. The van der Waals surface area contributed by atoms with Crippen molar-refractivity contribution in [1.82, 2.24) is 14.5 Å². The van der Waals surface area contributed by atoms with Crippen LogP contribution >= 0.6 is 0 Å². The maximum atomic E-state index is 12.9. The predicted molar refractivity (Wildman–Crippen MR) is 117 cm³/mol. The average molecular weight is 432 g/mol. The lowest BCUT2D eigenvalue weighted by Crippen LogP contribution is -2.50. The second kappa shape index (κ2) is 10.4. The maximum Gasteiger partial charge on any atom is 0.242 e. The van der Waals surface area contributed by atoms with E-state index in [1.54, 1.807) is 6.92 Å². The fourth-order valence-electron chi connectivity index (χ4n) is 2.80. The summed E-state index contributed by atoms with van der Waals surface area (Å²) in [6.45, 7) is 3.86. The first-order valence-electron chi connectivity index (χ1n) is 9.66. The molecule has 2 aromatic rings. The molecule has 0 unspecified atom stereocenters. The number of nitrogens with one attached hydrogen (secondary N) is 1. The first-order chi connectivity index (χ1) is 14.1. The standard InChI is InChI=1S/C22H29N3O4S/c1-17-10-12-19(13-11-17)14-23-22(27)18(2)25(15-20-8-6-5-7-9-20)21(26)16-24(3)30(4,28)29/h5-13,18H,14-16H2,1-4H3,(H,23,27)/t18-/m0/s1. The molecule has 2 amide bonds. The third kappa shape index (κ3) is 6.96. The van der Waals surface area contributed by atoms with Crippen LogP contribution in [0.2, 0.25) is 0 Å². The highest BCUT2D eigenvalue weighted by Crippen LogP contribution is 2.11. The molecule has 2 aromatic carbocycles. The van der Waals surface area contributed by atoms with Crippen molar-refractivity contribution in [3.05, 3.63) is 71.3 Å². The zero-order valence-corrected chi connectivity index (χ0v) is 18.6. The second-order valence-corrected chi connectivity index (χ2v) is 9.50. The van der Waals surface area contributed by atoms with Gasteiger partial charge in [0.25, 0.3) is 0 Å². The number of benzene rings is 2. The van der Waals surface area contributed by atoms with Crippen LogP contribution in [0.1, 0.15) is 23.6 Å². The Morgan fingerprint density at radius 1 is 1.00 bits per heavy atom. The van der Waals surface area contributed by atoms with E-state index in [4.69, 9.17) is 0 Å². The first kappa shape index (κ1) is 23.6. The maximum absolute atomic E-state index is 12.9. The summed E-state index contributed by atoms with van der Waals surface area (Å²) in [5.41, 5.74) is 2.94. The number of aryl methyl sites for hydroxylation is 1. The molecule has 0 radical (unpaired) electrons. The summed E-state index contributed by atoms with van der Waals surface area (Å²) in [6.07, 6.45) is 1.04. The average Bonchev–Trinajstić information content (AvgIpc) is 2.70. The van der Waals surface area contributed by atoms with Crippen molar-refractivity contribution >= 4 is 21.8 Å². The molecule has 0 saturated heterocycles. The van der Waals surface area contributed by atoms with Crippen LogP contribution in [-0.2, 0) is 32.7 Å². The van der Waals surface area contributed by atoms with Crippen LogP contribution in [-0.4, -0.2) is 55.3 Å². The lowest BCUT2D eigenvalue weighted by atomic mass is 10.1. The number of carbonyl (C=O) groups excluding carboxylic acids is 2. The van der Waals surface area contributed by atoms with Crippen molar-refractivity contribution in [3.63, 3.8) is 0 Å². The van der Waals surface area contributed by atoms with Crippen LogP contribution in [0.4, 0.5) is 0 Å². The fraction of sp³-hybridized carbons (Fsp3) is 0.364.